The number of Topliss-reactive ketones (excluding diaryl/α,β-unsaturated/α-hetero) is 1. The standard InChI is InChI=1S/C25H38O5/c1-22-8-9-25(29-12-13-30-25)14-16(22)4-5-17-18-6-7-20(24(3)27-10-11-28-24)23(18,2)15-19(26)21(17)22/h16-18,20-21H,4-15H2,1-3H3/t16-,17-,18+,20+,21+,22-,23-/m0/s1. The molecule has 0 radical (unpaired) electrons. The van der Waals surface area contributed by atoms with Crippen LogP contribution in [-0.4, -0.2) is 43.8 Å². The molecule has 2 aliphatic heterocycles. The topological polar surface area (TPSA) is 54.0 Å². The highest BCUT2D eigenvalue weighted by molar-refractivity contribution is 5.84. The number of rotatable bonds is 1. The Labute approximate surface area is 180 Å². The molecule has 5 heteroatoms. The zero-order chi connectivity index (χ0) is 20.8. The lowest BCUT2D eigenvalue weighted by molar-refractivity contribution is -0.234. The van der Waals surface area contributed by atoms with Gasteiger partial charge in [0, 0.05) is 31.1 Å². The summed E-state index contributed by atoms with van der Waals surface area (Å²) >= 11 is 0. The van der Waals surface area contributed by atoms with Gasteiger partial charge in [0.1, 0.15) is 5.78 Å². The van der Waals surface area contributed by atoms with Crippen LogP contribution in [0, 0.1) is 40.4 Å². The van der Waals surface area contributed by atoms with Gasteiger partial charge in [-0.2, -0.15) is 0 Å². The van der Waals surface area contributed by atoms with Gasteiger partial charge in [0.15, 0.2) is 11.6 Å². The highest BCUT2D eigenvalue weighted by Crippen LogP contribution is 2.68. The highest BCUT2D eigenvalue weighted by atomic mass is 16.7. The summed E-state index contributed by atoms with van der Waals surface area (Å²) in [5.74, 6) is 1.86. The molecule has 4 saturated carbocycles. The highest BCUT2D eigenvalue weighted by Gasteiger charge is 2.67. The Balaban J connectivity index is 1.29. The summed E-state index contributed by atoms with van der Waals surface area (Å²) in [5, 5.41) is 0. The monoisotopic (exact) mass is 418 g/mol. The van der Waals surface area contributed by atoms with Gasteiger partial charge in [-0.1, -0.05) is 13.8 Å². The van der Waals surface area contributed by atoms with Gasteiger partial charge >= 0.3 is 0 Å². The summed E-state index contributed by atoms with van der Waals surface area (Å²) in [6.45, 7) is 9.73. The van der Waals surface area contributed by atoms with Crippen molar-refractivity contribution in [1.29, 1.82) is 0 Å². The molecule has 0 unspecified atom stereocenters. The van der Waals surface area contributed by atoms with Gasteiger partial charge in [-0.3, -0.25) is 4.79 Å². The second-order valence-electron chi connectivity index (χ2n) is 11.8. The van der Waals surface area contributed by atoms with Crippen molar-refractivity contribution in [2.24, 2.45) is 40.4 Å². The molecule has 0 N–H and O–H groups in total. The summed E-state index contributed by atoms with van der Waals surface area (Å²) in [7, 11) is 0. The second kappa shape index (κ2) is 6.52. The maximum atomic E-state index is 13.9. The van der Waals surface area contributed by atoms with Crippen LogP contribution >= 0.6 is 0 Å². The van der Waals surface area contributed by atoms with Gasteiger partial charge in [-0.15, -0.1) is 0 Å². The van der Waals surface area contributed by atoms with Crippen LogP contribution in [0.15, 0.2) is 0 Å². The van der Waals surface area contributed by atoms with Crippen LogP contribution in [0.2, 0.25) is 0 Å². The lowest BCUT2D eigenvalue weighted by Gasteiger charge is -2.61. The van der Waals surface area contributed by atoms with E-state index in [9.17, 15) is 4.79 Å². The van der Waals surface area contributed by atoms with Gasteiger partial charge in [-0.25, -0.2) is 0 Å². The molecule has 30 heavy (non-hydrogen) atoms. The third-order valence-electron chi connectivity index (χ3n) is 10.7. The molecule has 2 heterocycles. The van der Waals surface area contributed by atoms with E-state index in [2.05, 4.69) is 20.8 Å². The number of carbonyl (C=O) groups excluding carboxylic acids is 1. The summed E-state index contributed by atoms with van der Waals surface area (Å²) in [5.41, 5.74) is 0.109. The van der Waals surface area contributed by atoms with Crippen molar-refractivity contribution in [2.45, 2.75) is 83.7 Å². The van der Waals surface area contributed by atoms with E-state index >= 15 is 0 Å². The van der Waals surface area contributed by atoms with E-state index in [1.54, 1.807) is 0 Å². The first-order chi connectivity index (χ1) is 14.3. The summed E-state index contributed by atoms with van der Waals surface area (Å²) in [6, 6.07) is 0. The fourth-order valence-corrected chi connectivity index (χ4v) is 9.36. The molecule has 5 nitrogen and oxygen atoms in total. The van der Waals surface area contributed by atoms with Crippen molar-refractivity contribution in [3.8, 4) is 0 Å². The average Bonchev–Trinajstić information content (AvgIpc) is 3.41. The molecule has 6 fully saturated rings. The lowest BCUT2D eigenvalue weighted by Crippen LogP contribution is -2.60. The van der Waals surface area contributed by atoms with Crippen LogP contribution in [0.4, 0.5) is 0 Å². The zero-order valence-electron chi connectivity index (χ0n) is 18.9. The number of ketones is 1. The number of ether oxygens (including phenoxy) is 4. The van der Waals surface area contributed by atoms with Gasteiger partial charge in [-0.05, 0) is 67.6 Å². The van der Waals surface area contributed by atoms with E-state index in [1.165, 1.54) is 19.3 Å². The quantitative estimate of drug-likeness (QED) is 0.634. The minimum Gasteiger partial charge on any atom is -0.348 e. The first kappa shape index (κ1) is 20.1. The average molecular weight is 419 g/mol. The van der Waals surface area contributed by atoms with Crippen molar-refractivity contribution >= 4 is 5.78 Å². The number of fused-ring (bicyclic) bond motifs is 5. The second-order valence-corrected chi connectivity index (χ2v) is 11.8. The van der Waals surface area contributed by atoms with E-state index in [4.69, 9.17) is 18.9 Å². The van der Waals surface area contributed by atoms with Crippen LogP contribution in [0.5, 0.6) is 0 Å². The van der Waals surface area contributed by atoms with Crippen LogP contribution in [0.25, 0.3) is 0 Å². The van der Waals surface area contributed by atoms with Crippen LogP contribution in [0.1, 0.15) is 72.1 Å². The third-order valence-corrected chi connectivity index (χ3v) is 10.7. The van der Waals surface area contributed by atoms with Gasteiger partial charge in [0.25, 0.3) is 0 Å². The minimum atomic E-state index is -0.508. The van der Waals surface area contributed by atoms with E-state index in [-0.39, 0.29) is 22.5 Å². The molecular weight excluding hydrogens is 380 g/mol. The zero-order valence-corrected chi connectivity index (χ0v) is 18.9. The number of hydrogen-bond acceptors (Lipinski definition) is 5. The first-order valence-electron chi connectivity index (χ1n) is 12.4. The van der Waals surface area contributed by atoms with E-state index in [0.717, 1.165) is 38.9 Å². The Bertz CT molecular complexity index is 723. The third kappa shape index (κ3) is 2.58. The molecule has 168 valence electrons. The van der Waals surface area contributed by atoms with E-state index in [0.29, 0.717) is 49.1 Å². The molecule has 0 aromatic rings. The Hall–Kier alpha value is -0.490. The summed E-state index contributed by atoms with van der Waals surface area (Å²) in [6.07, 6.45) is 8.41. The summed E-state index contributed by atoms with van der Waals surface area (Å²) < 4.78 is 24.4. The molecule has 4 aliphatic carbocycles. The molecule has 1 spiro atoms. The number of hydrogen-bond donors (Lipinski definition) is 0. The van der Waals surface area contributed by atoms with Crippen molar-refractivity contribution in [3.63, 3.8) is 0 Å². The van der Waals surface area contributed by atoms with Gasteiger partial charge in [0.2, 0.25) is 0 Å². The van der Waals surface area contributed by atoms with Crippen molar-refractivity contribution in [1.82, 2.24) is 0 Å². The van der Waals surface area contributed by atoms with E-state index in [1.807, 2.05) is 0 Å². The molecule has 0 amide bonds. The molecule has 0 aromatic carbocycles. The smallest absolute Gasteiger partial charge is 0.169 e. The van der Waals surface area contributed by atoms with Crippen LogP contribution < -0.4 is 0 Å². The van der Waals surface area contributed by atoms with Crippen LogP contribution in [-0.2, 0) is 23.7 Å². The fraction of sp³-hybridized carbons (Fsp3) is 0.960. The Morgan fingerprint density at radius 3 is 2.23 bits per heavy atom. The molecular formula is C25H38O5. The van der Waals surface area contributed by atoms with Gasteiger partial charge in [0.05, 0.1) is 26.4 Å². The maximum Gasteiger partial charge on any atom is 0.169 e. The number of carbonyl (C=O) groups is 1. The Morgan fingerprint density at radius 2 is 1.50 bits per heavy atom. The first-order valence-corrected chi connectivity index (χ1v) is 12.4. The lowest BCUT2D eigenvalue weighted by atomic mass is 9.44. The van der Waals surface area contributed by atoms with Gasteiger partial charge < -0.3 is 18.9 Å². The predicted molar refractivity (Wildman–Crippen MR) is 111 cm³/mol. The van der Waals surface area contributed by atoms with Crippen LogP contribution in [0.3, 0.4) is 0 Å². The minimum absolute atomic E-state index is 0.00804. The maximum absolute atomic E-state index is 13.9. The molecule has 6 rings (SSSR count). The largest absolute Gasteiger partial charge is 0.348 e. The van der Waals surface area contributed by atoms with Crippen molar-refractivity contribution in [3.05, 3.63) is 0 Å². The molecule has 6 aliphatic rings. The normalized spacial score (nSPS) is 51.6. The Morgan fingerprint density at radius 1 is 0.800 bits per heavy atom. The van der Waals surface area contributed by atoms with Crippen molar-refractivity contribution < 1.29 is 23.7 Å². The van der Waals surface area contributed by atoms with E-state index < -0.39 is 5.79 Å². The van der Waals surface area contributed by atoms with Crippen molar-refractivity contribution in [2.75, 3.05) is 26.4 Å². The fourth-order valence-electron chi connectivity index (χ4n) is 9.36. The molecule has 7 atom stereocenters. The summed E-state index contributed by atoms with van der Waals surface area (Å²) in [4.78, 5) is 13.9. The molecule has 2 saturated heterocycles. The predicted octanol–water partition coefficient (Wildman–Crippen LogP) is 4.33. The Kier molecular flexibility index (Phi) is 4.38. The SMILES string of the molecule is CC1([C@@H]2CC[C@@H]3[C@@H]4CC[C@H]5CC6(CC[C@]5(C)[C@H]4C(=O)C[C@@]32C)OCCO6)OCCO1. The molecule has 0 bridgehead atoms. The molecule has 0 aromatic heterocycles.